The summed E-state index contributed by atoms with van der Waals surface area (Å²) in [7, 11) is 0. The van der Waals surface area contributed by atoms with E-state index in [0.717, 1.165) is 50.2 Å². The zero-order valence-electron chi connectivity index (χ0n) is 20.3. The van der Waals surface area contributed by atoms with E-state index in [9.17, 15) is 19.6 Å². The van der Waals surface area contributed by atoms with Crippen molar-refractivity contribution >= 4 is 11.6 Å². The number of nitriles is 1. The number of hydrogen-bond donors (Lipinski definition) is 2. The molecular weight excluding hydrogens is 469 g/mol. The third-order valence-corrected chi connectivity index (χ3v) is 8.71. The molecule has 2 spiro atoms. The van der Waals surface area contributed by atoms with Crippen molar-refractivity contribution in [2.24, 2.45) is 10.8 Å². The van der Waals surface area contributed by atoms with Gasteiger partial charge < -0.3 is 15.3 Å². The summed E-state index contributed by atoms with van der Waals surface area (Å²) in [5, 5.41) is 23.2. The van der Waals surface area contributed by atoms with Crippen LogP contribution in [0.5, 0.6) is 0 Å². The van der Waals surface area contributed by atoms with Crippen molar-refractivity contribution in [2.75, 3.05) is 18.0 Å². The second kappa shape index (κ2) is 7.83. The third kappa shape index (κ3) is 3.52. The maximum atomic E-state index is 14.8. The molecule has 2 saturated carbocycles. The van der Waals surface area contributed by atoms with Crippen LogP contribution in [-0.4, -0.2) is 40.2 Å². The highest BCUT2D eigenvalue weighted by Gasteiger charge is 2.65. The quantitative estimate of drug-likeness (QED) is 0.572. The van der Waals surface area contributed by atoms with Crippen LogP contribution in [0.25, 0.3) is 11.3 Å². The van der Waals surface area contributed by atoms with E-state index in [2.05, 4.69) is 21.3 Å². The zero-order chi connectivity index (χ0) is 25.4. The molecule has 1 saturated heterocycles. The van der Waals surface area contributed by atoms with Gasteiger partial charge in [-0.3, -0.25) is 9.78 Å². The molecule has 3 fully saturated rings. The molecule has 2 aromatic heterocycles. The smallest absolute Gasteiger partial charge is 0.253 e. The van der Waals surface area contributed by atoms with E-state index in [1.165, 1.54) is 12.1 Å². The fraction of sp³-hybridized carbons (Fsp3) is 0.379. The van der Waals surface area contributed by atoms with Gasteiger partial charge in [0, 0.05) is 36.0 Å². The standard InChI is InChI=1S/C29H26FN5O2/c30-21-3-1-2-17(12-31)24(21)22-11-18(25-23(34-22)14-33-26(25)36)10-19-4-5-20(13-32-19)35-15-28(6-7-28)27(37)29(16-35)8-9-29/h1-5,11,13,27,37H,6-10,14-16H2,(H,33,36). The lowest BCUT2D eigenvalue weighted by Gasteiger charge is -2.44. The van der Waals surface area contributed by atoms with E-state index in [4.69, 9.17) is 4.98 Å². The Labute approximate surface area is 214 Å². The molecule has 4 aliphatic rings. The highest BCUT2D eigenvalue weighted by molar-refractivity contribution is 5.99. The van der Waals surface area contributed by atoms with Gasteiger partial charge in [0.2, 0.25) is 0 Å². The Hall–Kier alpha value is -3.83. The zero-order valence-corrected chi connectivity index (χ0v) is 20.3. The fourth-order valence-electron chi connectivity index (χ4n) is 6.37. The van der Waals surface area contributed by atoms with E-state index < -0.39 is 5.82 Å². The lowest BCUT2D eigenvalue weighted by molar-refractivity contribution is 0.0105. The van der Waals surface area contributed by atoms with Gasteiger partial charge in [-0.2, -0.15) is 5.26 Å². The number of amides is 1. The lowest BCUT2D eigenvalue weighted by atomic mass is 9.80. The number of rotatable bonds is 4. The molecule has 0 radical (unpaired) electrons. The minimum absolute atomic E-state index is 0.0454. The Kier molecular flexibility index (Phi) is 4.74. The molecule has 3 aromatic rings. The van der Waals surface area contributed by atoms with Crippen molar-refractivity contribution in [3.63, 3.8) is 0 Å². The summed E-state index contributed by atoms with van der Waals surface area (Å²) in [5.41, 5.74) is 4.38. The van der Waals surface area contributed by atoms with E-state index in [1.807, 2.05) is 18.3 Å². The van der Waals surface area contributed by atoms with Crippen molar-refractivity contribution in [3.8, 4) is 17.3 Å². The Morgan fingerprint density at radius 3 is 2.54 bits per heavy atom. The van der Waals surface area contributed by atoms with Gasteiger partial charge in [-0.05, 0) is 61.6 Å². The van der Waals surface area contributed by atoms with Crippen LogP contribution in [-0.2, 0) is 13.0 Å². The van der Waals surface area contributed by atoms with Crippen molar-refractivity contribution in [1.29, 1.82) is 5.26 Å². The van der Waals surface area contributed by atoms with Crippen LogP contribution in [0.1, 0.15) is 58.6 Å². The fourth-order valence-corrected chi connectivity index (χ4v) is 6.37. The number of pyridine rings is 2. The molecule has 0 atom stereocenters. The van der Waals surface area contributed by atoms with Gasteiger partial charge in [-0.25, -0.2) is 9.37 Å². The number of aliphatic hydroxyl groups excluding tert-OH is 1. The first-order chi connectivity index (χ1) is 17.9. The van der Waals surface area contributed by atoms with E-state index >= 15 is 0 Å². The molecule has 1 amide bonds. The summed E-state index contributed by atoms with van der Waals surface area (Å²) >= 11 is 0. The topological polar surface area (TPSA) is 102 Å². The first-order valence-corrected chi connectivity index (χ1v) is 12.8. The highest BCUT2D eigenvalue weighted by Crippen LogP contribution is 2.64. The van der Waals surface area contributed by atoms with Gasteiger partial charge in [0.25, 0.3) is 5.91 Å². The molecule has 8 heteroatoms. The number of halogens is 1. The van der Waals surface area contributed by atoms with Crippen LogP contribution in [0.15, 0.2) is 42.6 Å². The Morgan fingerprint density at radius 1 is 1.14 bits per heavy atom. The number of piperidine rings is 1. The highest BCUT2D eigenvalue weighted by atomic mass is 19.1. The summed E-state index contributed by atoms with van der Waals surface area (Å²) in [5.74, 6) is -0.725. The average Bonchev–Trinajstić information content (AvgIpc) is 3.82. The molecule has 1 aromatic carbocycles. The predicted molar refractivity (Wildman–Crippen MR) is 134 cm³/mol. The van der Waals surface area contributed by atoms with Gasteiger partial charge >= 0.3 is 0 Å². The molecule has 7 nitrogen and oxygen atoms in total. The van der Waals surface area contributed by atoms with Crippen molar-refractivity contribution in [1.82, 2.24) is 15.3 Å². The number of carbonyl (C=O) groups excluding carboxylic acids is 1. The Balaban J connectivity index is 1.20. The molecule has 0 bridgehead atoms. The van der Waals surface area contributed by atoms with E-state index in [1.54, 1.807) is 12.1 Å². The number of hydrogen-bond acceptors (Lipinski definition) is 6. The molecule has 2 aliphatic heterocycles. The summed E-state index contributed by atoms with van der Waals surface area (Å²) in [6.07, 6.45) is 6.43. The largest absolute Gasteiger partial charge is 0.392 e. The Morgan fingerprint density at radius 2 is 1.89 bits per heavy atom. The number of aliphatic hydroxyl groups is 1. The van der Waals surface area contributed by atoms with E-state index in [0.29, 0.717) is 28.9 Å². The second-order valence-electron chi connectivity index (χ2n) is 11.1. The van der Waals surface area contributed by atoms with E-state index in [-0.39, 0.29) is 40.5 Å². The van der Waals surface area contributed by atoms with Crippen molar-refractivity contribution in [3.05, 3.63) is 76.5 Å². The van der Waals surface area contributed by atoms with Crippen molar-refractivity contribution in [2.45, 2.75) is 44.8 Å². The third-order valence-electron chi connectivity index (χ3n) is 8.71. The first-order valence-electron chi connectivity index (χ1n) is 12.8. The average molecular weight is 496 g/mol. The van der Waals surface area contributed by atoms with Gasteiger partial charge in [0.05, 0.1) is 58.7 Å². The number of fused-ring (bicyclic) bond motifs is 1. The van der Waals surface area contributed by atoms with Gasteiger partial charge in [-0.15, -0.1) is 0 Å². The number of nitrogens with zero attached hydrogens (tertiary/aromatic N) is 4. The number of aromatic nitrogens is 2. The molecule has 37 heavy (non-hydrogen) atoms. The van der Waals surface area contributed by atoms with Crippen LogP contribution < -0.4 is 10.2 Å². The second-order valence-corrected chi connectivity index (χ2v) is 11.1. The lowest BCUT2D eigenvalue weighted by Crippen LogP contribution is -2.52. The van der Waals surface area contributed by atoms with Gasteiger partial charge in [0.15, 0.2) is 0 Å². The van der Waals surface area contributed by atoms with Crippen LogP contribution in [0.3, 0.4) is 0 Å². The number of carbonyl (C=O) groups is 1. The molecule has 186 valence electrons. The molecule has 7 rings (SSSR count). The number of benzene rings is 1. The summed E-state index contributed by atoms with van der Waals surface area (Å²) in [4.78, 5) is 24.3. The first kappa shape index (κ1) is 22.4. The van der Waals surface area contributed by atoms with Crippen LogP contribution in [0, 0.1) is 28.0 Å². The van der Waals surface area contributed by atoms with Gasteiger partial charge in [0.1, 0.15) is 5.82 Å². The predicted octanol–water partition coefficient (Wildman–Crippen LogP) is 3.73. The molecular formula is C29H26FN5O2. The Bertz CT molecular complexity index is 1470. The van der Waals surface area contributed by atoms with Gasteiger partial charge in [-0.1, -0.05) is 6.07 Å². The summed E-state index contributed by atoms with van der Waals surface area (Å²) in [6.45, 7) is 1.99. The maximum absolute atomic E-state index is 14.8. The molecule has 2 N–H and O–H groups in total. The van der Waals surface area contributed by atoms with Crippen LogP contribution >= 0.6 is 0 Å². The number of nitrogens with one attached hydrogen (secondary N) is 1. The normalized spacial score (nSPS) is 20.6. The van der Waals surface area contributed by atoms with Crippen molar-refractivity contribution < 1.29 is 14.3 Å². The molecule has 2 aliphatic carbocycles. The molecule has 4 heterocycles. The summed E-state index contributed by atoms with van der Waals surface area (Å²) < 4.78 is 14.8. The maximum Gasteiger partial charge on any atom is 0.253 e. The SMILES string of the molecule is N#Cc1cccc(F)c1-c1cc(Cc2ccc(N3CC4(CC4)C(O)C4(CC4)C3)cn2)c2c(n1)CNC2=O. The van der Waals surface area contributed by atoms with Crippen LogP contribution in [0.2, 0.25) is 0 Å². The minimum Gasteiger partial charge on any atom is -0.392 e. The molecule has 0 unspecified atom stereocenters. The monoisotopic (exact) mass is 495 g/mol. The van der Waals surface area contributed by atoms with Crippen LogP contribution in [0.4, 0.5) is 10.1 Å². The minimum atomic E-state index is -0.522. The number of anilines is 1. The summed E-state index contributed by atoms with van der Waals surface area (Å²) in [6, 6.07) is 12.2.